The van der Waals surface area contributed by atoms with E-state index in [1.54, 1.807) is 18.2 Å². The Morgan fingerprint density at radius 3 is 0.474 bits per heavy atom. The van der Waals surface area contributed by atoms with Gasteiger partial charge in [-0.25, -0.2) is 74.8 Å². The third-order valence-electron chi connectivity index (χ3n) is 17.4. The van der Waals surface area contributed by atoms with Crippen LogP contribution in [0.5, 0.6) is 0 Å². The molecule has 4 aromatic carbocycles. The number of nitrogens with zero attached hydrogens (tertiary/aromatic N) is 36. The number of hydrogen-bond acceptors (Lipinski definition) is 39. The monoisotopic (exact) mass is 1520 g/mol. The summed E-state index contributed by atoms with van der Waals surface area (Å²) in [6.07, 6.45) is 0. The van der Waals surface area contributed by atoms with E-state index in [2.05, 4.69) is 74.3 Å². The Balaban J connectivity index is 0.000000134. The van der Waals surface area contributed by atoms with E-state index >= 15 is 0 Å². The Morgan fingerprint density at radius 1 is 0.211 bits per heavy atom. The minimum atomic E-state index is -1.50. The van der Waals surface area contributed by atoms with Crippen molar-refractivity contribution >= 4 is 185 Å². The van der Waals surface area contributed by atoms with Gasteiger partial charge in [-0.1, -0.05) is 19.7 Å². The number of nitriles is 3. The quantitative estimate of drug-likeness (QED) is 0.0646. The maximum absolute atomic E-state index is 11.3. The third-order valence-corrected chi connectivity index (χ3v) is 17.4. The van der Waals surface area contributed by atoms with Crippen LogP contribution in [0.1, 0.15) is 85.4 Å². The molecule has 0 N–H and O–H groups in total. The van der Waals surface area contributed by atoms with E-state index in [4.69, 9.17) is 79.5 Å². The first-order chi connectivity index (χ1) is 54.1. The molecule has 0 aliphatic heterocycles. The lowest BCUT2D eigenvalue weighted by Gasteiger charge is -2.11. The molecule has 16 rings (SSSR count). The van der Waals surface area contributed by atoms with E-state index in [-0.39, 0.29) is 67.6 Å². The smallest absolute Gasteiger partial charge is 0.370 e. The molecule has 48 heteroatoms. The Kier molecular flexibility index (Phi) is 18.2. The van der Waals surface area contributed by atoms with Crippen molar-refractivity contribution in [2.45, 2.75) is 83.1 Å². The first-order valence-electron chi connectivity index (χ1n) is 32.0. The molecule has 114 heavy (non-hydrogen) atoms. The van der Waals surface area contributed by atoms with Gasteiger partial charge in [0, 0.05) is 0 Å². The van der Waals surface area contributed by atoms with Crippen LogP contribution in [0.3, 0.4) is 0 Å². The van der Waals surface area contributed by atoms with Crippen molar-refractivity contribution in [3.63, 3.8) is 0 Å². The van der Waals surface area contributed by atoms with Crippen molar-refractivity contribution in [3.8, 4) is 18.2 Å². The van der Waals surface area contributed by atoms with E-state index in [0.717, 1.165) is 135 Å². The number of aryl methyl sites for hydroxylation is 12. The van der Waals surface area contributed by atoms with Gasteiger partial charge in [-0.3, -0.25) is 0 Å². The summed E-state index contributed by atoms with van der Waals surface area (Å²) in [5, 5.41) is 95.8. The van der Waals surface area contributed by atoms with Gasteiger partial charge < -0.3 is 75.2 Å². The zero-order valence-electron chi connectivity index (χ0n) is 60.0. The zero-order chi connectivity index (χ0) is 82.4. The number of rotatable bonds is 6. The van der Waals surface area contributed by atoms with Gasteiger partial charge in [-0.15, -0.1) is 15.0 Å². The summed E-state index contributed by atoms with van der Waals surface area (Å²) in [6, 6.07) is 5.29. The van der Waals surface area contributed by atoms with Gasteiger partial charge in [-0.05, 0) is 143 Å². The van der Waals surface area contributed by atoms with Crippen LogP contribution in [0.25, 0.3) is 147 Å². The van der Waals surface area contributed by atoms with Crippen molar-refractivity contribution in [2.75, 3.05) is 0 Å². The maximum Gasteiger partial charge on any atom is 0.463 e. The normalized spacial score (nSPS) is 11.0. The first kappa shape index (κ1) is 74.6. The Morgan fingerprint density at radius 2 is 0.333 bits per heavy atom. The lowest BCUT2D eigenvalue weighted by atomic mass is 10.1. The van der Waals surface area contributed by atoms with Gasteiger partial charge in [0.15, 0.2) is 17.1 Å². The lowest BCUT2D eigenvalue weighted by Crippen LogP contribution is -2.08. The molecule has 0 spiro atoms. The molecule has 0 aliphatic carbocycles. The van der Waals surface area contributed by atoms with Gasteiger partial charge in [0.05, 0.1) is 68.3 Å². The summed E-state index contributed by atoms with van der Waals surface area (Å²) in [5.74, 6) is -9.89. The van der Waals surface area contributed by atoms with Crippen LogP contribution in [0.4, 0.5) is 52.4 Å². The predicted molar refractivity (Wildman–Crippen MR) is 393 cm³/mol. The van der Waals surface area contributed by atoms with Gasteiger partial charge in [0.25, 0.3) is 50.3 Å². The molecular formula is C66H36N36O12. The Hall–Kier alpha value is -17.7. The molecule has 552 valence electrons. The van der Waals surface area contributed by atoms with Crippen LogP contribution in [0.2, 0.25) is 0 Å². The van der Waals surface area contributed by atoms with E-state index in [9.17, 15) is 76.5 Å². The molecule has 16 aromatic rings. The van der Waals surface area contributed by atoms with E-state index in [1.165, 1.54) is 0 Å². The highest BCUT2D eigenvalue weighted by atomic mass is 16.7. The van der Waals surface area contributed by atoms with Crippen LogP contribution in [0.15, 0.2) is 0 Å². The molecule has 12 heterocycles. The third kappa shape index (κ3) is 12.3. The molecule has 0 aliphatic rings. The zero-order valence-corrected chi connectivity index (χ0v) is 60.0. The molecule has 0 atom stereocenters. The average Bonchev–Trinajstić information content (AvgIpc) is 0.704. The van der Waals surface area contributed by atoms with Gasteiger partial charge in [0.2, 0.25) is 11.0 Å². The minimum Gasteiger partial charge on any atom is -0.370 e. The second kappa shape index (κ2) is 27.9. The van der Waals surface area contributed by atoms with Crippen molar-refractivity contribution < 1.29 is 29.5 Å². The van der Waals surface area contributed by atoms with Crippen molar-refractivity contribution in [2.24, 2.45) is 0 Å². The molecule has 0 unspecified atom stereocenters. The molecule has 0 radical (unpaired) electrons. The molecule has 0 fully saturated rings. The van der Waals surface area contributed by atoms with Gasteiger partial charge >= 0.3 is 40.7 Å². The highest BCUT2D eigenvalue weighted by molar-refractivity contribution is 6.22. The fraction of sp³-hybridized carbons (Fsp3) is 0.182. The summed E-state index contributed by atoms with van der Waals surface area (Å²) in [6.45, 7) is 45.2. The van der Waals surface area contributed by atoms with Crippen LogP contribution in [-0.2, 0) is 0 Å². The summed E-state index contributed by atoms with van der Waals surface area (Å²) in [7, 11) is 0. The average molecular weight is 1530 g/mol. The van der Waals surface area contributed by atoms with E-state index in [1.807, 2.05) is 83.1 Å². The predicted octanol–water partition coefficient (Wildman–Crippen LogP) is 10.5. The topological polar surface area (TPSA) is 653 Å². The van der Waals surface area contributed by atoms with Crippen molar-refractivity contribution in [3.05, 3.63) is 180 Å². The van der Waals surface area contributed by atoms with Crippen molar-refractivity contribution in [1.82, 2.24) is 120 Å². The minimum absolute atomic E-state index is 0.000622. The number of benzene rings is 4. The van der Waals surface area contributed by atoms with Gasteiger partial charge in [0.1, 0.15) is 101 Å². The number of fused-ring (bicyclic) bond motifs is 24. The fourth-order valence-electron chi connectivity index (χ4n) is 11.3. The molecule has 12 aromatic heterocycles. The molecular weight excluding hydrogens is 1490 g/mol. The largest absolute Gasteiger partial charge is 0.463 e. The number of hydrogen-bond donors (Lipinski definition) is 0. The first-order valence-corrected chi connectivity index (χ1v) is 32.0. The summed E-state index contributed by atoms with van der Waals surface area (Å²) >= 11 is 0. The molecule has 48 nitrogen and oxygen atoms in total. The van der Waals surface area contributed by atoms with Crippen LogP contribution in [-0.4, -0.2) is 149 Å². The van der Waals surface area contributed by atoms with E-state index < -0.39 is 97.5 Å². The Bertz CT molecular complexity index is 6150. The second-order valence-electron chi connectivity index (χ2n) is 24.2. The Labute approximate surface area is 629 Å². The standard InChI is InChI=1S/C18N12.2C18H18N6.C12N12O12/c1-22-16-9(6-21)27-12-10-11(26-8(5-20)7(4-19)25-10)14-15(13(12)28-16)30-18(24-3)17(23-2)29-14;2*1-7-8(2)20-14-13(19-7)15-17(23-10(4)9(3)21-15)18-16(14)22-11(5)12(6)24-18;25-19(26)7-8(20(27)28)14-2-1(13-7)3-5(16-10(22(31)32)9(15-3)21(29)30)6-4(2)17-11(23(33)34)12(18-6)24(35)36/h;2*1-6H3;. The molecule has 0 bridgehead atoms. The molecule has 0 amide bonds. The van der Waals surface area contributed by atoms with Crippen molar-refractivity contribution in [1.29, 1.82) is 15.8 Å². The molecule has 0 saturated heterocycles. The highest BCUT2D eigenvalue weighted by Crippen LogP contribution is 2.41. The second-order valence-corrected chi connectivity index (χ2v) is 24.2. The number of nitro groups is 6. The van der Waals surface area contributed by atoms with Crippen LogP contribution < -0.4 is 0 Å². The van der Waals surface area contributed by atoms with Crippen LogP contribution in [0, 0.1) is 197 Å². The SMILES string of the molecule is Cc1nc2c3nc(C)c(C)nc3c3nc(C)c(C)nc3c2nc1C.Cc1nc2c3nc(C)c(C)nc3c3nc(C)c(C)nc3c2nc1C.O=[N+]([O-])c1nc2c3nc([N+](=O)[O-])c([N+](=O)[O-])nc3c3nc([N+](=O)[O-])c([N+](=O)[O-])nc3c2nc1[N+](=O)[O-].[C-]#[N+]c1nc2c(nc1C#N)c1nc(C#N)c(C#N)nc1c1nc([N+]#[C-])c([N+]#[C-])nc21. The fourth-order valence-corrected chi connectivity index (χ4v) is 11.3. The number of aromatic nitrogens is 24. The summed E-state index contributed by atoms with van der Waals surface area (Å²) in [5.41, 5.74) is 13.5. The molecule has 0 saturated carbocycles. The van der Waals surface area contributed by atoms with Gasteiger partial charge in [-0.2, -0.15) is 15.8 Å². The highest BCUT2D eigenvalue weighted by Gasteiger charge is 2.45. The van der Waals surface area contributed by atoms with E-state index in [0.29, 0.717) is 0 Å². The summed E-state index contributed by atoms with van der Waals surface area (Å²) < 4.78 is 0. The lowest BCUT2D eigenvalue weighted by molar-refractivity contribution is -0.428. The maximum atomic E-state index is 11.3. The van der Waals surface area contributed by atoms with Crippen LogP contribution >= 0.6 is 0 Å². The summed E-state index contributed by atoms with van der Waals surface area (Å²) in [4.78, 5) is 172.